The van der Waals surface area contributed by atoms with Gasteiger partial charge in [-0.25, -0.2) is 0 Å². The largest absolute Gasteiger partial charge is 0.491 e. The molecule has 0 N–H and O–H groups in total. The van der Waals surface area contributed by atoms with Gasteiger partial charge in [0.25, 0.3) is 0 Å². The van der Waals surface area contributed by atoms with Crippen molar-refractivity contribution >= 4 is 95.6 Å². The molecule has 0 saturated carbocycles. The van der Waals surface area contributed by atoms with Crippen molar-refractivity contribution in [1.29, 1.82) is 0 Å². The van der Waals surface area contributed by atoms with Gasteiger partial charge in [-0.1, -0.05) is 31.9 Å². The van der Waals surface area contributed by atoms with E-state index in [4.69, 9.17) is 9.47 Å². The van der Waals surface area contributed by atoms with E-state index in [0.717, 1.165) is 51.2 Å². The second-order valence-electron chi connectivity index (χ2n) is 4.80. The molecule has 2 rings (SSSR count). The predicted molar refractivity (Wildman–Crippen MR) is 119 cm³/mol. The molecule has 0 heterocycles. The third-order valence-electron chi connectivity index (χ3n) is 2.96. The second-order valence-corrected chi connectivity index (χ2v) is 10.0. The lowest BCUT2D eigenvalue weighted by Crippen LogP contribution is -2.04. The summed E-state index contributed by atoms with van der Waals surface area (Å²) in [5.74, 6) is 1.63. The van der Waals surface area contributed by atoms with Gasteiger partial charge in [0, 0.05) is 8.95 Å². The molecule has 0 spiro atoms. The topological polar surface area (TPSA) is 18.5 Å². The minimum Gasteiger partial charge on any atom is -0.491 e. The lowest BCUT2D eigenvalue weighted by atomic mass is 10.3. The van der Waals surface area contributed by atoms with Gasteiger partial charge in [-0.3, -0.25) is 0 Å². The zero-order chi connectivity index (χ0) is 17.7. The molecular weight excluding hydrogens is 704 g/mol. The molecule has 2 nitrogen and oxygen atoms in total. The Bertz CT molecular complexity index is 612. The van der Waals surface area contributed by atoms with E-state index in [1.54, 1.807) is 0 Å². The van der Waals surface area contributed by atoms with Gasteiger partial charge in [0.2, 0.25) is 0 Å². The van der Waals surface area contributed by atoms with Crippen molar-refractivity contribution in [2.75, 3.05) is 13.2 Å². The summed E-state index contributed by atoms with van der Waals surface area (Å²) in [6, 6.07) is 7.86. The van der Waals surface area contributed by atoms with Crippen LogP contribution in [0.2, 0.25) is 0 Å². The van der Waals surface area contributed by atoms with Gasteiger partial charge in [-0.15, -0.1) is 0 Å². The van der Waals surface area contributed by atoms with E-state index in [-0.39, 0.29) is 0 Å². The van der Waals surface area contributed by atoms with Crippen LogP contribution in [0.3, 0.4) is 0 Å². The summed E-state index contributed by atoms with van der Waals surface area (Å²) in [7, 11) is 0. The Labute approximate surface area is 191 Å². The van der Waals surface area contributed by atoms with Gasteiger partial charge in [0.05, 0.1) is 31.1 Å². The minimum atomic E-state index is 0.630. The molecule has 0 saturated heterocycles. The molecule has 0 aliphatic carbocycles. The monoisotopic (exact) mass is 710 g/mol. The molecule has 130 valence electrons. The Hall–Kier alpha value is 0.920. The lowest BCUT2D eigenvalue weighted by Gasteiger charge is -2.12. The maximum Gasteiger partial charge on any atom is 0.147 e. The average Bonchev–Trinajstić information content (AvgIpc) is 2.46. The third-order valence-corrected chi connectivity index (χ3v) is 6.23. The number of halogens is 6. The molecule has 0 fully saturated rings. The molecule has 8 heteroatoms. The van der Waals surface area contributed by atoms with Gasteiger partial charge in [-0.2, -0.15) is 0 Å². The normalized spacial score (nSPS) is 10.8. The Morgan fingerprint density at radius 3 is 1.12 bits per heavy atom. The molecule has 2 aromatic carbocycles. The Balaban J connectivity index is 1.77. The van der Waals surface area contributed by atoms with Crippen molar-refractivity contribution in [1.82, 2.24) is 0 Å². The first kappa shape index (κ1) is 21.2. The molecule has 0 bridgehead atoms. The van der Waals surface area contributed by atoms with Crippen molar-refractivity contribution in [2.45, 2.75) is 12.8 Å². The average molecular weight is 716 g/mol. The first-order valence-electron chi connectivity index (χ1n) is 6.93. The number of hydrogen-bond donors (Lipinski definition) is 0. The van der Waals surface area contributed by atoms with Gasteiger partial charge < -0.3 is 9.47 Å². The molecule has 0 aromatic heterocycles. The summed E-state index contributed by atoms with van der Waals surface area (Å²) >= 11 is 20.9. The van der Waals surface area contributed by atoms with E-state index in [9.17, 15) is 0 Å². The van der Waals surface area contributed by atoms with Crippen LogP contribution in [0.15, 0.2) is 51.1 Å². The van der Waals surface area contributed by atoms with E-state index < -0.39 is 0 Å². The van der Waals surface area contributed by atoms with Crippen molar-refractivity contribution in [2.24, 2.45) is 0 Å². The summed E-state index contributed by atoms with van der Waals surface area (Å²) in [4.78, 5) is 0. The quantitative estimate of drug-likeness (QED) is 0.268. The fourth-order valence-electron chi connectivity index (χ4n) is 1.89. The molecule has 0 unspecified atom stereocenters. The SMILES string of the molecule is Brc1cc(Br)c(OCCCCOc2c(Br)cc(Br)cc2Br)c(Br)c1. The molecule has 0 aliphatic heterocycles. The highest BCUT2D eigenvalue weighted by Crippen LogP contribution is 2.37. The zero-order valence-corrected chi connectivity index (χ0v) is 21.7. The molecule has 0 aliphatic rings. The van der Waals surface area contributed by atoms with Crippen LogP contribution in [0.25, 0.3) is 0 Å². The van der Waals surface area contributed by atoms with E-state index in [1.807, 2.05) is 24.3 Å². The van der Waals surface area contributed by atoms with Crippen LogP contribution < -0.4 is 9.47 Å². The predicted octanol–water partition coefficient (Wildman–Crippen LogP) is 8.50. The number of hydrogen-bond acceptors (Lipinski definition) is 2. The van der Waals surface area contributed by atoms with Crippen molar-refractivity contribution in [3.05, 3.63) is 51.1 Å². The van der Waals surface area contributed by atoms with Crippen LogP contribution in [-0.2, 0) is 0 Å². The van der Waals surface area contributed by atoms with Crippen LogP contribution in [0, 0.1) is 0 Å². The minimum absolute atomic E-state index is 0.630. The fourth-order valence-corrected chi connectivity index (χ4v) is 6.86. The summed E-state index contributed by atoms with van der Waals surface area (Å²) < 4.78 is 17.3. The highest BCUT2D eigenvalue weighted by Gasteiger charge is 2.09. The van der Waals surface area contributed by atoms with E-state index in [2.05, 4.69) is 95.6 Å². The fraction of sp³-hybridized carbons (Fsp3) is 0.250. The standard InChI is InChI=1S/C16H12Br6O2/c17-9-5-11(19)15(12(20)6-9)23-3-1-2-4-24-16-13(21)7-10(18)8-14(16)22/h5-8H,1-4H2. The lowest BCUT2D eigenvalue weighted by molar-refractivity contribution is 0.263. The van der Waals surface area contributed by atoms with Gasteiger partial charge in [-0.05, 0) is 101 Å². The van der Waals surface area contributed by atoms with E-state index >= 15 is 0 Å². The maximum atomic E-state index is 5.84. The van der Waals surface area contributed by atoms with Crippen LogP contribution in [0.5, 0.6) is 11.5 Å². The van der Waals surface area contributed by atoms with E-state index in [1.165, 1.54) is 0 Å². The number of ether oxygens (including phenoxy) is 2. The molecular formula is C16H12Br6O2. The summed E-state index contributed by atoms with van der Waals surface area (Å²) in [6.07, 6.45) is 1.81. The first-order chi connectivity index (χ1) is 11.4. The molecule has 0 atom stereocenters. The molecule has 0 radical (unpaired) electrons. The van der Waals surface area contributed by atoms with Crippen LogP contribution in [-0.4, -0.2) is 13.2 Å². The summed E-state index contributed by atoms with van der Waals surface area (Å²) in [5.41, 5.74) is 0. The van der Waals surface area contributed by atoms with Gasteiger partial charge >= 0.3 is 0 Å². The van der Waals surface area contributed by atoms with Crippen molar-refractivity contribution in [3.63, 3.8) is 0 Å². The number of unbranched alkanes of at least 4 members (excludes halogenated alkanes) is 1. The van der Waals surface area contributed by atoms with E-state index in [0.29, 0.717) is 13.2 Å². The summed E-state index contributed by atoms with van der Waals surface area (Å²) in [6.45, 7) is 1.26. The highest BCUT2D eigenvalue weighted by molar-refractivity contribution is 9.12. The second kappa shape index (κ2) is 10.3. The van der Waals surface area contributed by atoms with Gasteiger partial charge in [0.15, 0.2) is 0 Å². The van der Waals surface area contributed by atoms with Crippen LogP contribution in [0.1, 0.15) is 12.8 Å². The van der Waals surface area contributed by atoms with Gasteiger partial charge in [0.1, 0.15) is 11.5 Å². The smallest absolute Gasteiger partial charge is 0.147 e. The molecule has 0 amide bonds. The summed E-state index contributed by atoms with van der Waals surface area (Å²) in [5, 5.41) is 0. The molecule has 24 heavy (non-hydrogen) atoms. The number of rotatable bonds is 7. The highest BCUT2D eigenvalue weighted by atomic mass is 79.9. The maximum absolute atomic E-state index is 5.84. The zero-order valence-electron chi connectivity index (χ0n) is 12.2. The molecule has 2 aromatic rings. The van der Waals surface area contributed by atoms with Crippen LogP contribution in [0.4, 0.5) is 0 Å². The Morgan fingerprint density at radius 2 is 0.833 bits per heavy atom. The first-order valence-corrected chi connectivity index (χ1v) is 11.7. The van der Waals surface area contributed by atoms with Crippen LogP contribution >= 0.6 is 95.6 Å². The Morgan fingerprint density at radius 1 is 0.542 bits per heavy atom. The third kappa shape index (κ3) is 6.27. The van der Waals surface area contributed by atoms with Crippen molar-refractivity contribution in [3.8, 4) is 11.5 Å². The Kier molecular flexibility index (Phi) is 9.11. The van der Waals surface area contributed by atoms with Crippen molar-refractivity contribution < 1.29 is 9.47 Å². The number of benzene rings is 2.